The van der Waals surface area contributed by atoms with Crippen molar-refractivity contribution in [3.8, 4) is 0 Å². The van der Waals surface area contributed by atoms with E-state index in [1.54, 1.807) is 18.2 Å². The Morgan fingerprint density at radius 1 is 1.25 bits per heavy atom. The van der Waals surface area contributed by atoms with E-state index in [9.17, 15) is 9.59 Å². The number of aromatic amines is 1. The molecule has 2 heterocycles. The summed E-state index contributed by atoms with van der Waals surface area (Å²) < 4.78 is 4.94. The fourth-order valence-corrected chi connectivity index (χ4v) is 5.21. The zero-order chi connectivity index (χ0) is 25.8. The molecule has 0 aliphatic carbocycles. The lowest BCUT2D eigenvalue weighted by atomic mass is 10.0. The first-order valence-corrected chi connectivity index (χ1v) is 12.8. The van der Waals surface area contributed by atoms with Gasteiger partial charge in [-0.25, -0.2) is 4.79 Å². The predicted molar refractivity (Wildman–Crippen MR) is 149 cm³/mol. The average Bonchev–Trinajstić information content (AvgIpc) is 3.33. The minimum Gasteiger partial charge on any atom is -0.465 e. The Hall–Kier alpha value is -3.23. The molecule has 7 nitrogen and oxygen atoms in total. The second-order valence-electron chi connectivity index (χ2n) is 9.37. The Labute approximate surface area is 217 Å². The van der Waals surface area contributed by atoms with Crippen LogP contribution in [0.25, 0.3) is 10.9 Å². The van der Waals surface area contributed by atoms with Crippen molar-refractivity contribution in [1.29, 1.82) is 0 Å². The molecule has 1 saturated heterocycles. The summed E-state index contributed by atoms with van der Waals surface area (Å²) in [7, 11) is 1.36. The van der Waals surface area contributed by atoms with Crippen LogP contribution in [0.4, 0.5) is 5.69 Å². The van der Waals surface area contributed by atoms with E-state index < -0.39 is 5.97 Å². The number of carbonyl (C=O) groups excluding carboxylic acids is 1. The highest BCUT2D eigenvalue weighted by Gasteiger charge is 2.27. The maximum atomic E-state index is 13.1. The molecular formula is C28H34N4O3S. The zero-order valence-electron chi connectivity index (χ0n) is 21.4. The maximum absolute atomic E-state index is 13.1. The standard InChI is InChI=1S/C28H34N4O3S/c1-5-31-14-8-9-22(31)17-32(28(36)29-24-11-7-6-10-23(24)27(34)35-4)16-21-15-20-13-12-18(2)19(3)25(20)30-26(21)33/h6-7,10-13,15,22H,5,8-9,14,16-17H2,1-4H3,(H,29,36)(H,30,33)/t22-/m0/s1. The molecule has 0 spiro atoms. The number of nitrogens with one attached hydrogen (secondary N) is 2. The van der Waals surface area contributed by atoms with E-state index in [4.69, 9.17) is 17.0 Å². The number of likely N-dealkylation sites (tertiary alicyclic amines) is 1. The summed E-state index contributed by atoms with van der Waals surface area (Å²) in [6, 6.07) is 13.6. The van der Waals surface area contributed by atoms with Crippen LogP contribution < -0.4 is 10.9 Å². The number of aryl methyl sites for hydroxylation is 2. The number of para-hydroxylation sites is 1. The molecule has 0 amide bonds. The molecule has 1 atom stereocenters. The molecule has 3 aromatic rings. The monoisotopic (exact) mass is 506 g/mol. The highest BCUT2D eigenvalue weighted by Crippen LogP contribution is 2.23. The van der Waals surface area contributed by atoms with Crippen molar-refractivity contribution in [3.05, 3.63) is 75.1 Å². The molecule has 0 radical (unpaired) electrons. The van der Waals surface area contributed by atoms with Crippen LogP contribution in [0.2, 0.25) is 0 Å². The first-order valence-electron chi connectivity index (χ1n) is 12.4. The Bertz CT molecular complexity index is 1340. The van der Waals surface area contributed by atoms with E-state index in [-0.39, 0.29) is 5.56 Å². The van der Waals surface area contributed by atoms with E-state index in [1.807, 2.05) is 36.9 Å². The molecule has 4 rings (SSSR count). The molecule has 190 valence electrons. The average molecular weight is 507 g/mol. The summed E-state index contributed by atoms with van der Waals surface area (Å²) in [5.41, 5.74) is 4.62. The molecule has 8 heteroatoms. The maximum Gasteiger partial charge on any atom is 0.339 e. The Morgan fingerprint density at radius 2 is 2.03 bits per heavy atom. The van der Waals surface area contributed by atoms with Crippen molar-refractivity contribution < 1.29 is 9.53 Å². The minimum atomic E-state index is -0.433. The molecular weight excluding hydrogens is 472 g/mol. The van der Waals surface area contributed by atoms with Crippen molar-refractivity contribution >= 4 is 39.9 Å². The summed E-state index contributed by atoms with van der Waals surface area (Å²) in [6.07, 6.45) is 2.23. The van der Waals surface area contributed by atoms with Gasteiger partial charge in [-0.05, 0) is 86.7 Å². The number of fused-ring (bicyclic) bond motifs is 1. The smallest absolute Gasteiger partial charge is 0.339 e. The number of ether oxygens (including phenoxy) is 1. The normalized spacial score (nSPS) is 15.7. The van der Waals surface area contributed by atoms with Crippen LogP contribution in [0.15, 0.2) is 47.3 Å². The summed E-state index contributed by atoms with van der Waals surface area (Å²) in [4.78, 5) is 33.0. The van der Waals surface area contributed by atoms with Gasteiger partial charge in [0.15, 0.2) is 5.11 Å². The van der Waals surface area contributed by atoms with Crippen LogP contribution in [0.5, 0.6) is 0 Å². The van der Waals surface area contributed by atoms with E-state index in [0.717, 1.165) is 48.0 Å². The third-order valence-corrected chi connectivity index (χ3v) is 7.55. The molecule has 1 fully saturated rings. The lowest BCUT2D eigenvalue weighted by Crippen LogP contribution is -2.45. The number of hydrogen-bond donors (Lipinski definition) is 2. The van der Waals surface area contributed by atoms with Crippen molar-refractivity contribution in [2.75, 3.05) is 32.1 Å². The number of nitrogens with zero attached hydrogens (tertiary/aromatic N) is 2. The molecule has 0 bridgehead atoms. The summed E-state index contributed by atoms with van der Waals surface area (Å²) >= 11 is 5.86. The number of rotatable bonds is 7. The predicted octanol–water partition coefficient (Wildman–Crippen LogP) is 4.61. The topological polar surface area (TPSA) is 77.7 Å². The van der Waals surface area contributed by atoms with Gasteiger partial charge >= 0.3 is 5.97 Å². The van der Waals surface area contributed by atoms with Crippen LogP contribution in [0.3, 0.4) is 0 Å². The largest absolute Gasteiger partial charge is 0.465 e. The van der Waals surface area contributed by atoms with Crippen molar-refractivity contribution in [2.45, 2.75) is 46.2 Å². The van der Waals surface area contributed by atoms with Crippen molar-refractivity contribution in [3.63, 3.8) is 0 Å². The highest BCUT2D eigenvalue weighted by atomic mass is 32.1. The molecule has 36 heavy (non-hydrogen) atoms. The number of carbonyl (C=O) groups is 1. The number of anilines is 1. The van der Waals surface area contributed by atoms with E-state index >= 15 is 0 Å². The Balaban J connectivity index is 1.66. The Morgan fingerprint density at radius 3 is 2.78 bits per heavy atom. The van der Waals surface area contributed by atoms with Gasteiger partial charge in [0.2, 0.25) is 0 Å². The van der Waals surface area contributed by atoms with Gasteiger partial charge in [0, 0.05) is 18.2 Å². The fraction of sp³-hybridized carbons (Fsp3) is 0.393. The third-order valence-electron chi connectivity index (χ3n) is 7.19. The SMILES string of the molecule is CCN1CCC[C@H]1CN(Cc1cc2ccc(C)c(C)c2[nH]c1=O)C(=S)Nc1ccccc1C(=O)OC. The van der Waals surface area contributed by atoms with Crippen LogP contribution in [-0.4, -0.2) is 58.7 Å². The van der Waals surface area contributed by atoms with Crippen LogP contribution >= 0.6 is 12.2 Å². The molecule has 1 aliphatic rings. The summed E-state index contributed by atoms with van der Waals surface area (Å²) in [5, 5.41) is 4.72. The van der Waals surface area contributed by atoms with Crippen LogP contribution in [0, 0.1) is 13.8 Å². The first-order chi connectivity index (χ1) is 17.3. The minimum absolute atomic E-state index is 0.113. The van der Waals surface area contributed by atoms with Gasteiger partial charge < -0.3 is 19.9 Å². The van der Waals surface area contributed by atoms with Crippen LogP contribution in [-0.2, 0) is 11.3 Å². The van der Waals surface area contributed by atoms with Crippen LogP contribution in [0.1, 0.15) is 46.8 Å². The van der Waals surface area contributed by atoms with Crippen molar-refractivity contribution in [2.24, 2.45) is 0 Å². The van der Waals surface area contributed by atoms with Gasteiger partial charge in [0.1, 0.15) is 0 Å². The number of thiocarbonyl (C=S) groups is 1. The van der Waals surface area contributed by atoms with E-state index in [0.29, 0.717) is 41.1 Å². The first kappa shape index (κ1) is 25.9. The zero-order valence-corrected chi connectivity index (χ0v) is 22.2. The summed E-state index contributed by atoms with van der Waals surface area (Å²) in [5.74, 6) is -0.433. The highest BCUT2D eigenvalue weighted by molar-refractivity contribution is 7.80. The van der Waals surface area contributed by atoms with Crippen molar-refractivity contribution in [1.82, 2.24) is 14.8 Å². The summed E-state index contributed by atoms with van der Waals surface area (Å²) in [6.45, 7) is 9.32. The lowest BCUT2D eigenvalue weighted by Gasteiger charge is -2.32. The molecule has 0 saturated carbocycles. The fourth-order valence-electron chi connectivity index (χ4n) is 4.96. The molecule has 2 aromatic carbocycles. The molecule has 1 aliphatic heterocycles. The molecule has 1 aromatic heterocycles. The lowest BCUT2D eigenvalue weighted by molar-refractivity contribution is 0.0602. The number of hydrogen-bond acceptors (Lipinski definition) is 5. The number of aromatic nitrogens is 1. The van der Waals surface area contributed by atoms with Gasteiger partial charge in [0.05, 0.1) is 30.4 Å². The number of esters is 1. The number of pyridine rings is 1. The number of benzene rings is 2. The van der Waals surface area contributed by atoms with Gasteiger partial charge in [-0.2, -0.15) is 0 Å². The number of H-pyrrole nitrogens is 1. The van der Waals surface area contributed by atoms with Gasteiger partial charge in [-0.1, -0.05) is 31.2 Å². The quantitative estimate of drug-likeness (QED) is 0.358. The van der Waals surface area contributed by atoms with E-state index in [2.05, 4.69) is 28.2 Å². The molecule has 0 unspecified atom stereocenters. The van der Waals surface area contributed by atoms with Gasteiger partial charge in [0.25, 0.3) is 5.56 Å². The van der Waals surface area contributed by atoms with E-state index in [1.165, 1.54) is 7.11 Å². The third kappa shape index (κ3) is 5.44. The van der Waals surface area contributed by atoms with Gasteiger partial charge in [-0.3, -0.25) is 9.69 Å². The number of likely N-dealkylation sites (N-methyl/N-ethyl adjacent to an activating group) is 1. The number of methoxy groups -OCH3 is 1. The van der Waals surface area contributed by atoms with Gasteiger partial charge in [-0.15, -0.1) is 0 Å². The molecule has 2 N–H and O–H groups in total. The second-order valence-corrected chi connectivity index (χ2v) is 9.75. The second kappa shape index (κ2) is 11.2. The Kier molecular flexibility index (Phi) is 8.06.